The SMILES string of the molecule is CC1(C)S[C@@H]2C(NC(=O)C(C(=O)OCc3ccccc3)c3ccccc3)C(=O)N2[C@H]1C(=O)[O-].[Na+]. The van der Waals surface area contributed by atoms with Crippen LogP contribution < -0.4 is 40.0 Å². The summed E-state index contributed by atoms with van der Waals surface area (Å²) in [7, 11) is 0. The third-order valence-corrected chi connectivity index (χ3v) is 7.39. The Kier molecular flexibility index (Phi) is 8.13. The third-order valence-electron chi connectivity index (χ3n) is 5.82. The van der Waals surface area contributed by atoms with Crippen LogP contribution in [0.4, 0.5) is 0 Å². The molecule has 0 saturated carbocycles. The van der Waals surface area contributed by atoms with Crippen LogP contribution in [0.25, 0.3) is 0 Å². The molecule has 8 nitrogen and oxygen atoms in total. The van der Waals surface area contributed by atoms with E-state index < -0.39 is 51.9 Å². The third kappa shape index (κ3) is 5.02. The van der Waals surface area contributed by atoms with E-state index in [4.69, 9.17) is 4.74 Å². The monoisotopic (exact) mass is 490 g/mol. The number of carboxylic acids is 1. The number of carbonyl (C=O) groups excluding carboxylic acids is 4. The summed E-state index contributed by atoms with van der Waals surface area (Å²) >= 11 is 1.28. The molecule has 10 heteroatoms. The fourth-order valence-electron chi connectivity index (χ4n) is 4.22. The van der Waals surface area contributed by atoms with Crippen molar-refractivity contribution in [2.75, 3.05) is 0 Å². The Morgan fingerprint density at radius 3 is 2.26 bits per heavy atom. The molecule has 2 aromatic rings. The van der Waals surface area contributed by atoms with E-state index >= 15 is 0 Å². The summed E-state index contributed by atoms with van der Waals surface area (Å²) in [6.07, 6.45) is 0. The van der Waals surface area contributed by atoms with E-state index in [1.54, 1.807) is 56.3 Å². The first-order valence-electron chi connectivity index (χ1n) is 10.5. The van der Waals surface area contributed by atoms with E-state index in [9.17, 15) is 24.3 Å². The van der Waals surface area contributed by atoms with E-state index in [1.165, 1.54) is 16.7 Å². The zero-order valence-corrected chi connectivity index (χ0v) is 21.9. The van der Waals surface area contributed by atoms with Crippen molar-refractivity contribution in [2.24, 2.45) is 0 Å². The van der Waals surface area contributed by atoms with Gasteiger partial charge in [-0.25, -0.2) is 0 Å². The molecule has 2 saturated heterocycles. The summed E-state index contributed by atoms with van der Waals surface area (Å²) in [4.78, 5) is 51.7. The van der Waals surface area contributed by atoms with Crippen molar-refractivity contribution in [2.45, 2.75) is 48.6 Å². The fourth-order valence-corrected chi connectivity index (χ4v) is 5.84. The van der Waals surface area contributed by atoms with Crippen LogP contribution in [-0.2, 0) is 30.5 Å². The molecule has 4 rings (SSSR count). The molecule has 0 spiro atoms. The van der Waals surface area contributed by atoms with Gasteiger partial charge in [-0.3, -0.25) is 14.4 Å². The minimum absolute atomic E-state index is 0. The van der Waals surface area contributed by atoms with Crippen molar-refractivity contribution in [3.63, 3.8) is 0 Å². The largest absolute Gasteiger partial charge is 1.00 e. The van der Waals surface area contributed by atoms with E-state index in [1.807, 2.05) is 18.2 Å². The zero-order chi connectivity index (χ0) is 23.8. The summed E-state index contributed by atoms with van der Waals surface area (Å²) in [5.41, 5.74) is 1.21. The quantitative estimate of drug-likeness (QED) is 0.203. The number of nitrogens with one attached hydrogen (secondary N) is 1. The van der Waals surface area contributed by atoms with Gasteiger partial charge in [0.1, 0.15) is 18.0 Å². The number of hydrogen-bond donors (Lipinski definition) is 1. The Morgan fingerprint density at radius 2 is 1.68 bits per heavy atom. The smallest absolute Gasteiger partial charge is 0.548 e. The number of carboxylic acid groups (broad SMARTS) is 1. The molecule has 0 bridgehead atoms. The molecule has 0 aliphatic carbocycles. The second-order valence-electron chi connectivity index (χ2n) is 8.50. The van der Waals surface area contributed by atoms with Gasteiger partial charge >= 0.3 is 35.5 Å². The number of aliphatic carboxylic acids is 1. The molecule has 2 heterocycles. The van der Waals surface area contributed by atoms with Gasteiger partial charge in [0, 0.05) is 4.75 Å². The number of benzene rings is 2. The minimum Gasteiger partial charge on any atom is -0.548 e. The molecule has 2 aromatic carbocycles. The van der Waals surface area contributed by atoms with Crippen molar-refractivity contribution in [3.8, 4) is 0 Å². The first kappa shape index (κ1) is 26.3. The molecule has 0 aromatic heterocycles. The van der Waals surface area contributed by atoms with E-state index in [0.29, 0.717) is 5.56 Å². The summed E-state index contributed by atoms with van der Waals surface area (Å²) in [6.45, 7) is 3.44. The van der Waals surface area contributed by atoms with Crippen LogP contribution in [0.3, 0.4) is 0 Å². The molecule has 1 N–H and O–H groups in total. The molecular formula is C24H23N2NaO6S. The average molecular weight is 491 g/mol. The summed E-state index contributed by atoms with van der Waals surface area (Å²) in [6, 6.07) is 15.5. The Balaban J connectivity index is 0.00000324. The predicted molar refractivity (Wildman–Crippen MR) is 118 cm³/mol. The van der Waals surface area contributed by atoms with Crippen LogP contribution in [0.5, 0.6) is 0 Å². The van der Waals surface area contributed by atoms with E-state index in [0.717, 1.165) is 5.56 Å². The van der Waals surface area contributed by atoms with Gasteiger partial charge in [-0.1, -0.05) is 60.7 Å². The summed E-state index contributed by atoms with van der Waals surface area (Å²) in [5.74, 6) is -4.52. The van der Waals surface area contributed by atoms with Crippen LogP contribution in [0.1, 0.15) is 30.9 Å². The molecular weight excluding hydrogens is 467 g/mol. The Labute approximate surface area is 223 Å². The zero-order valence-electron chi connectivity index (χ0n) is 19.1. The van der Waals surface area contributed by atoms with Crippen molar-refractivity contribution < 1.29 is 58.6 Å². The first-order valence-corrected chi connectivity index (χ1v) is 11.4. The van der Waals surface area contributed by atoms with Crippen LogP contribution in [-0.4, -0.2) is 50.9 Å². The van der Waals surface area contributed by atoms with Crippen LogP contribution in [0, 0.1) is 0 Å². The molecule has 0 radical (unpaired) electrons. The molecule has 2 unspecified atom stereocenters. The normalized spacial score (nSPS) is 23.1. The molecule has 2 aliphatic heterocycles. The van der Waals surface area contributed by atoms with Crippen molar-refractivity contribution >= 4 is 35.5 Å². The number of esters is 1. The van der Waals surface area contributed by atoms with Gasteiger partial charge in [0.2, 0.25) is 11.8 Å². The Bertz CT molecular complexity index is 1080. The topological polar surface area (TPSA) is 116 Å². The number of nitrogens with zero attached hydrogens (tertiary/aromatic N) is 1. The summed E-state index contributed by atoms with van der Waals surface area (Å²) in [5, 5.41) is 13.7. The molecule has 2 aliphatic rings. The fraction of sp³-hybridized carbons (Fsp3) is 0.333. The average Bonchev–Trinajstić information content (AvgIpc) is 3.05. The summed E-state index contributed by atoms with van der Waals surface area (Å²) < 4.78 is 4.64. The van der Waals surface area contributed by atoms with Gasteiger partial charge in [0.25, 0.3) is 0 Å². The number of thioether (sulfide) groups is 1. The Hall–Kier alpha value is -2.33. The second-order valence-corrected chi connectivity index (χ2v) is 10.3. The van der Waals surface area contributed by atoms with Gasteiger partial charge in [-0.2, -0.15) is 0 Å². The molecule has 2 fully saturated rings. The maximum Gasteiger partial charge on any atom is 1.00 e. The van der Waals surface area contributed by atoms with Crippen molar-refractivity contribution in [3.05, 3.63) is 71.8 Å². The number of rotatable bonds is 7. The molecule has 172 valence electrons. The predicted octanol–water partition coefficient (Wildman–Crippen LogP) is -2.19. The second kappa shape index (κ2) is 10.5. The van der Waals surface area contributed by atoms with Gasteiger partial charge < -0.3 is 24.9 Å². The van der Waals surface area contributed by atoms with Crippen LogP contribution in [0.2, 0.25) is 0 Å². The maximum absolute atomic E-state index is 13.2. The molecule has 2 amide bonds. The van der Waals surface area contributed by atoms with Gasteiger partial charge in [0.15, 0.2) is 5.92 Å². The number of ether oxygens (including phenoxy) is 1. The van der Waals surface area contributed by atoms with Crippen molar-refractivity contribution in [1.29, 1.82) is 0 Å². The minimum atomic E-state index is -1.33. The van der Waals surface area contributed by atoms with E-state index in [2.05, 4.69) is 5.32 Å². The van der Waals surface area contributed by atoms with Crippen LogP contribution >= 0.6 is 11.8 Å². The molecule has 4 atom stereocenters. The number of carbonyl (C=O) groups is 4. The van der Waals surface area contributed by atoms with Gasteiger partial charge in [-0.15, -0.1) is 11.8 Å². The Morgan fingerprint density at radius 1 is 1.09 bits per heavy atom. The van der Waals surface area contributed by atoms with Crippen LogP contribution in [0.15, 0.2) is 60.7 Å². The van der Waals surface area contributed by atoms with Gasteiger partial charge in [-0.05, 0) is 25.0 Å². The number of β-lactam (4-membered cyclic amide) rings is 1. The number of hydrogen-bond acceptors (Lipinski definition) is 7. The van der Waals surface area contributed by atoms with Gasteiger partial charge in [0.05, 0.1) is 12.0 Å². The first-order chi connectivity index (χ1) is 15.7. The number of fused-ring (bicyclic) bond motifs is 1. The maximum atomic E-state index is 13.2. The molecule has 34 heavy (non-hydrogen) atoms. The van der Waals surface area contributed by atoms with Crippen molar-refractivity contribution in [1.82, 2.24) is 10.2 Å². The standard InChI is InChI=1S/C24H24N2O6S.Na/c1-24(2)18(22(29)30)26-20(28)17(21(26)33-24)25-19(27)16(15-11-7-4-8-12-15)23(31)32-13-14-9-5-3-6-10-14;/h3-12,16-18,21H,13H2,1-2H3,(H,25,27)(H,29,30);/q;+1/p-1/t16?,17?,18-,21+;/m0./s1. The van der Waals surface area contributed by atoms with E-state index in [-0.39, 0.29) is 36.2 Å². The number of amides is 2.